The lowest BCUT2D eigenvalue weighted by molar-refractivity contribution is 0.408. The monoisotopic (exact) mass is 347 g/mol. The van der Waals surface area contributed by atoms with E-state index in [1.165, 1.54) is 39.3 Å². The molecule has 0 atom stereocenters. The minimum atomic E-state index is 0.191. The molecular formula is C24H27O2. The zero-order valence-electron chi connectivity index (χ0n) is 16.5. The number of benzene rings is 2. The number of aryl methyl sites for hydroxylation is 4. The highest BCUT2D eigenvalue weighted by Gasteiger charge is 2.30. The summed E-state index contributed by atoms with van der Waals surface area (Å²) < 4.78 is 11.1. The van der Waals surface area contributed by atoms with E-state index in [1.807, 2.05) is 0 Å². The zero-order chi connectivity index (χ0) is 18.8. The van der Waals surface area contributed by atoms with E-state index >= 15 is 0 Å². The molecule has 0 amide bonds. The van der Waals surface area contributed by atoms with Gasteiger partial charge in [0.2, 0.25) is 0 Å². The Morgan fingerprint density at radius 1 is 0.615 bits per heavy atom. The summed E-state index contributed by atoms with van der Waals surface area (Å²) in [7, 11) is 3.47. The number of methoxy groups -OCH3 is 2. The van der Waals surface area contributed by atoms with Gasteiger partial charge in [-0.25, -0.2) is 0 Å². The molecule has 2 aromatic rings. The lowest BCUT2D eigenvalue weighted by Crippen LogP contribution is -2.12. The highest BCUT2D eigenvalue weighted by Crippen LogP contribution is 2.44. The molecule has 1 saturated carbocycles. The van der Waals surface area contributed by atoms with E-state index in [4.69, 9.17) is 9.47 Å². The zero-order valence-corrected chi connectivity index (χ0v) is 16.5. The van der Waals surface area contributed by atoms with E-state index in [2.05, 4.69) is 77.6 Å². The van der Waals surface area contributed by atoms with Crippen LogP contribution in [0.15, 0.2) is 24.3 Å². The van der Waals surface area contributed by atoms with Gasteiger partial charge in [0.1, 0.15) is 11.5 Å². The highest BCUT2D eigenvalue weighted by atomic mass is 16.5. The molecule has 0 N–H and O–H groups in total. The number of hydrogen-bond donors (Lipinski definition) is 0. The Kier molecular flexibility index (Phi) is 5.60. The fourth-order valence-corrected chi connectivity index (χ4v) is 4.10. The molecule has 0 spiro atoms. The van der Waals surface area contributed by atoms with Gasteiger partial charge in [-0.05, 0) is 92.7 Å². The summed E-state index contributed by atoms with van der Waals surface area (Å²) in [5, 5.41) is 0. The van der Waals surface area contributed by atoms with Gasteiger partial charge in [-0.15, -0.1) is 0 Å². The minimum Gasteiger partial charge on any atom is -0.496 e. The van der Waals surface area contributed by atoms with Crippen molar-refractivity contribution in [3.8, 4) is 11.5 Å². The topological polar surface area (TPSA) is 18.5 Å². The van der Waals surface area contributed by atoms with Crippen molar-refractivity contribution in [1.82, 2.24) is 0 Å². The van der Waals surface area contributed by atoms with Crippen LogP contribution >= 0.6 is 0 Å². The maximum atomic E-state index is 5.56. The molecule has 0 unspecified atom stereocenters. The molecule has 0 aliphatic heterocycles. The van der Waals surface area contributed by atoms with E-state index in [0.717, 1.165) is 11.5 Å². The number of rotatable bonds is 5. The van der Waals surface area contributed by atoms with Gasteiger partial charge in [-0.2, -0.15) is 0 Å². The van der Waals surface area contributed by atoms with Crippen molar-refractivity contribution in [3.63, 3.8) is 0 Å². The molecule has 0 bridgehead atoms. The fraction of sp³-hybridized carbons (Fsp3) is 0.292. The maximum absolute atomic E-state index is 5.56. The van der Waals surface area contributed by atoms with E-state index in [-0.39, 0.29) is 5.92 Å². The molecule has 0 saturated heterocycles. The standard InChI is InChI=1S/C24H27O2/c1-15-11-20(12-16(2)23(15)25-5)22(19-9-7-8-10-19)21-13-17(3)24(26-6)18(4)14-21/h7-14,22H,1-6H3. The van der Waals surface area contributed by atoms with Gasteiger partial charge in [0.25, 0.3) is 0 Å². The van der Waals surface area contributed by atoms with Crippen LogP contribution in [0.4, 0.5) is 0 Å². The van der Waals surface area contributed by atoms with Crippen molar-refractivity contribution in [2.45, 2.75) is 33.6 Å². The molecule has 1 aliphatic carbocycles. The molecule has 1 fully saturated rings. The second-order valence-electron chi connectivity index (χ2n) is 7.03. The molecule has 2 nitrogen and oxygen atoms in total. The molecule has 2 aromatic carbocycles. The highest BCUT2D eigenvalue weighted by molar-refractivity contribution is 5.56. The first kappa shape index (κ1) is 18.8. The van der Waals surface area contributed by atoms with Crippen molar-refractivity contribution < 1.29 is 9.47 Å². The van der Waals surface area contributed by atoms with Crippen molar-refractivity contribution in [2.75, 3.05) is 14.2 Å². The predicted molar refractivity (Wildman–Crippen MR) is 107 cm³/mol. The van der Waals surface area contributed by atoms with E-state index in [0.29, 0.717) is 0 Å². The van der Waals surface area contributed by atoms with Crippen LogP contribution in [-0.4, -0.2) is 14.2 Å². The fourth-order valence-electron chi connectivity index (χ4n) is 4.10. The molecular weight excluding hydrogens is 320 g/mol. The van der Waals surface area contributed by atoms with Crippen LogP contribution in [0.25, 0.3) is 0 Å². The van der Waals surface area contributed by atoms with Gasteiger partial charge in [-0.1, -0.05) is 24.3 Å². The summed E-state index contributed by atoms with van der Waals surface area (Å²) in [6.45, 7) is 8.45. The molecule has 2 heteroatoms. The summed E-state index contributed by atoms with van der Waals surface area (Å²) in [5.74, 6) is 3.43. The van der Waals surface area contributed by atoms with Crippen molar-refractivity contribution in [1.29, 1.82) is 0 Å². The minimum absolute atomic E-state index is 0.191. The molecule has 1 aliphatic rings. The van der Waals surface area contributed by atoms with Crippen molar-refractivity contribution in [2.24, 2.45) is 0 Å². The second-order valence-corrected chi connectivity index (χ2v) is 7.03. The Hall–Kier alpha value is -1.96. The largest absolute Gasteiger partial charge is 0.496 e. The summed E-state index contributed by atoms with van der Waals surface area (Å²) in [6.07, 6.45) is 8.62. The first-order chi connectivity index (χ1) is 12.5. The molecule has 5 radical (unpaired) electrons. The molecule has 0 aromatic heterocycles. The smallest absolute Gasteiger partial charge is 0.124 e. The Labute approximate surface area is 158 Å². The van der Waals surface area contributed by atoms with Crippen LogP contribution in [0.3, 0.4) is 0 Å². The molecule has 26 heavy (non-hydrogen) atoms. The molecule has 135 valence electrons. The summed E-state index contributed by atoms with van der Waals surface area (Å²) in [5.41, 5.74) is 7.25. The third-order valence-corrected chi connectivity index (χ3v) is 5.06. The first-order valence-corrected chi connectivity index (χ1v) is 8.98. The van der Waals surface area contributed by atoms with Gasteiger partial charge in [0.05, 0.1) is 14.2 Å². The summed E-state index contributed by atoms with van der Waals surface area (Å²) >= 11 is 0. The van der Waals surface area contributed by atoms with E-state index in [1.54, 1.807) is 14.2 Å². The van der Waals surface area contributed by atoms with E-state index < -0.39 is 0 Å². The summed E-state index contributed by atoms with van der Waals surface area (Å²) in [6, 6.07) is 8.99. The average molecular weight is 347 g/mol. The Morgan fingerprint density at radius 3 is 1.27 bits per heavy atom. The van der Waals surface area contributed by atoms with Gasteiger partial charge in [-0.3, -0.25) is 0 Å². The van der Waals surface area contributed by atoms with Crippen LogP contribution in [0.2, 0.25) is 0 Å². The van der Waals surface area contributed by atoms with Gasteiger partial charge >= 0.3 is 0 Å². The lowest BCUT2D eigenvalue weighted by atomic mass is 9.78. The normalized spacial score (nSPS) is 14.9. The van der Waals surface area contributed by atoms with Crippen LogP contribution in [0, 0.1) is 59.3 Å². The lowest BCUT2D eigenvalue weighted by Gasteiger charge is -2.26. The SMILES string of the molecule is COc1c(C)cc(C([C]2[CH][CH][CH][CH]2)c2cc(C)c(OC)c(C)c2)cc1C. The quantitative estimate of drug-likeness (QED) is 0.713. The van der Waals surface area contributed by atoms with Crippen LogP contribution in [0.1, 0.15) is 39.3 Å². The van der Waals surface area contributed by atoms with Gasteiger partial charge in [0, 0.05) is 5.92 Å². The average Bonchev–Trinajstić information content (AvgIpc) is 3.09. The van der Waals surface area contributed by atoms with Crippen LogP contribution in [0.5, 0.6) is 11.5 Å². The Morgan fingerprint density at radius 2 is 0.962 bits per heavy atom. The third-order valence-electron chi connectivity index (χ3n) is 5.06. The first-order valence-electron chi connectivity index (χ1n) is 8.98. The number of hydrogen-bond acceptors (Lipinski definition) is 2. The third kappa shape index (κ3) is 3.47. The Balaban J connectivity index is 2.13. The van der Waals surface area contributed by atoms with Gasteiger partial charge < -0.3 is 9.47 Å². The van der Waals surface area contributed by atoms with Crippen molar-refractivity contribution in [3.05, 3.63) is 89.2 Å². The number of ether oxygens (including phenoxy) is 2. The van der Waals surface area contributed by atoms with Crippen LogP contribution < -0.4 is 9.47 Å². The predicted octanol–water partition coefficient (Wildman–Crippen LogP) is 5.47. The van der Waals surface area contributed by atoms with Crippen LogP contribution in [-0.2, 0) is 0 Å². The van der Waals surface area contributed by atoms with Gasteiger partial charge in [0.15, 0.2) is 0 Å². The Bertz CT molecular complexity index is 679. The molecule has 0 heterocycles. The summed E-state index contributed by atoms with van der Waals surface area (Å²) in [4.78, 5) is 0. The second kappa shape index (κ2) is 7.73. The maximum Gasteiger partial charge on any atom is 0.124 e. The van der Waals surface area contributed by atoms with Crippen molar-refractivity contribution >= 4 is 0 Å². The molecule has 3 rings (SSSR count). The van der Waals surface area contributed by atoms with E-state index in [9.17, 15) is 0 Å².